The molecule has 0 aromatic heterocycles. The molecule has 7 heteroatoms. The summed E-state index contributed by atoms with van der Waals surface area (Å²) in [6.07, 6.45) is 27.2. The number of hydrogen-bond donors (Lipinski definition) is 0. The number of halogens is 2. The van der Waals surface area contributed by atoms with Gasteiger partial charge in [-0.25, -0.2) is 0 Å². The van der Waals surface area contributed by atoms with Crippen LogP contribution in [0.3, 0.4) is 0 Å². The van der Waals surface area contributed by atoms with E-state index < -0.39 is 28.9 Å². The quantitative estimate of drug-likeness (QED) is 0.130. The van der Waals surface area contributed by atoms with Crippen LogP contribution in [-0.4, -0.2) is 68.3 Å². The molecule has 0 radical (unpaired) electrons. The van der Waals surface area contributed by atoms with Crippen LogP contribution in [0.1, 0.15) is 150 Å². The summed E-state index contributed by atoms with van der Waals surface area (Å²) in [4.78, 5) is 6.20. The van der Waals surface area contributed by atoms with Gasteiger partial charge in [0.1, 0.15) is 0 Å². The number of fused-ring (bicyclic) bond motifs is 10. The average Bonchev–Trinajstić information content (AvgIpc) is 3.80. The van der Waals surface area contributed by atoms with Crippen molar-refractivity contribution in [2.24, 2.45) is 59.2 Å². The van der Waals surface area contributed by atoms with Gasteiger partial charge in [-0.05, 0) is 150 Å². The Bertz CT molecular complexity index is 1100. The van der Waals surface area contributed by atoms with Crippen molar-refractivity contribution in [3.63, 3.8) is 0 Å². The van der Waals surface area contributed by atoms with Crippen molar-refractivity contribution in [3.05, 3.63) is 14.9 Å². The second kappa shape index (κ2) is 19.5. The maximum atomic E-state index is 6.19. The molecule has 16 atom stereocenters. The summed E-state index contributed by atoms with van der Waals surface area (Å²) in [5.74, 6) is 10.1. The molecule has 0 amide bonds. The Morgan fingerprint density at radius 3 is 1.44 bits per heavy atom. The molecule has 8 fully saturated rings. The summed E-state index contributed by atoms with van der Waals surface area (Å²) >= 11 is -0.826. The fourth-order valence-corrected chi connectivity index (χ4v) is 24.2. The zero-order chi connectivity index (χ0) is 36.9. The number of unbranched alkanes of at least 4 members (excludes halogenated alkanes) is 3. The first-order valence-electron chi connectivity index (χ1n) is 22.9. The van der Waals surface area contributed by atoms with Crippen LogP contribution in [0.15, 0.2) is 0 Å². The van der Waals surface area contributed by atoms with Crippen LogP contribution in [0.25, 0.3) is 0 Å². The summed E-state index contributed by atoms with van der Waals surface area (Å²) in [6.45, 7) is 16.0. The number of ether oxygens (including phenoxy) is 1. The van der Waals surface area contributed by atoms with Gasteiger partial charge in [0.25, 0.3) is 0 Å². The molecule has 2 saturated heterocycles. The van der Waals surface area contributed by atoms with E-state index in [0.29, 0.717) is 0 Å². The minimum absolute atomic E-state index is 0. The molecule has 2 heterocycles. The Hall–Kier alpha value is 1.56. The molecular weight excluding hydrogens is 799 g/mol. The maximum absolute atomic E-state index is 6.19. The summed E-state index contributed by atoms with van der Waals surface area (Å²) in [7, 11) is 13.5. The van der Waals surface area contributed by atoms with E-state index in [1.165, 1.54) is 77.0 Å². The molecule has 6 aliphatic carbocycles. The monoisotopic (exact) mass is 882 g/mol. The van der Waals surface area contributed by atoms with Crippen molar-refractivity contribution < 1.29 is 25.6 Å². The van der Waals surface area contributed by atoms with Gasteiger partial charge in [0.15, 0.2) is 0 Å². The van der Waals surface area contributed by atoms with E-state index >= 15 is 0 Å². The Balaban J connectivity index is 0.00000109. The molecular formula is C47H86Cl2N2OSiZr. The second-order valence-corrected chi connectivity index (χ2v) is 30.3. The molecule has 2 aliphatic heterocycles. The number of likely N-dealkylation sites (tertiary alicyclic amines) is 2. The van der Waals surface area contributed by atoms with Crippen molar-refractivity contribution in [3.8, 4) is 0 Å². The van der Waals surface area contributed by atoms with Gasteiger partial charge < -0.3 is 19.6 Å². The van der Waals surface area contributed by atoms with Crippen molar-refractivity contribution in [1.82, 2.24) is 9.80 Å². The van der Waals surface area contributed by atoms with Crippen LogP contribution in [0.4, 0.5) is 0 Å². The fourth-order valence-electron chi connectivity index (χ4n) is 16.6. The average molecular weight is 885 g/mol. The van der Waals surface area contributed by atoms with Gasteiger partial charge in [0, 0.05) is 30.8 Å². The Labute approximate surface area is 356 Å². The van der Waals surface area contributed by atoms with E-state index in [0.717, 1.165) is 101 Å². The van der Waals surface area contributed by atoms with Crippen molar-refractivity contribution >= 4 is 25.1 Å². The molecule has 0 N–H and O–H groups in total. The molecule has 54 heavy (non-hydrogen) atoms. The van der Waals surface area contributed by atoms with Crippen LogP contribution >= 0.6 is 17.0 Å². The van der Waals surface area contributed by atoms with Crippen LogP contribution in [0.5, 0.6) is 0 Å². The molecule has 312 valence electrons. The van der Waals surface area contributed by atoms with Crippen LogP contribution in [0, 0.1) is 74.0 Å². The third-order valence-corrected chi connectivity index (χ3v) is 24.2. The Morgan fingerprint density at radius 1 is 0.611 bits per heavy atom. The Morgan fingerprint density at radius 2 is 1.02 bits per heavy atom. The standard InChI is InChI=1S/C45H80N2OSi.2CH3.2ClH.Zr/c1-29-21-23-35-37(27-29)46(6)41-31-17-11-13-19-33(31)43(39(35)41)49(8,26-16-10-9-15-25-48-45(3,4)5)44-34-20-14-12-18-32(34)42-40(44)36-24-22-30(2)28-38(36)47(42)7;;;;;/h29-44H,9-28H2,1-8H3;2*1H3;2*1H;/q;2*-1;;;+4/p-2. The SMILES string of the molecule is CC1CCC2C3C(C4CCCCC4C3[Si](C)(CCCCCCOC(C)(C)C)C3C4CCCCC4C4C3C3CCC(C)CC3N4C)N(C)C2C1.[CH3-].[CH3-].[Cl][Zr+2][Cl]. The molecule has 0 bridgehead atoms. The van der Waals surface area contributed by atoms with Crippen molar-refractivity contribution in [2.45, 2.75) is 204 Å². The zero-order valence-electron chi connectivity index (χ0n) is 36.9. The normalized spacial score (nSPS) is 45.1. The molecule has 0 aromatic rings. The van der Waals surface area contributed by atoms with E-state index in [4.69, 9.17) is 21.8 Å². The number of rotatable bonds is 9. The topological polar surface area (TPSA) is 15.7 Å². The first-order valence-corrected chi connectivity index (χ1v) is 32.1. The first-order chi connectivity index (χ1) is 24.9. The van der Waals surface area contributed by atoms with Gasteiger partial charge in [-0.3, -0.25) is 9.80 Å². The molecule has 6 saturated carbocycles. The van der Waals surface area contributed by atoms with Gasteiger partial charge in [-0.2, -0.15) is 0 Å². The van der Waals surface area contributed by atoms with E-state index in [-0.39, 0.29) is 20.5 Å². The van der Waals surface area contributed by atoms with Crippen LogP contribution < -0.4 is 0 Å². The molecule has 0 spiro atoms. The van der Waals surface area contributed by atoms with Gasteiger partial charge in [-0.1, -0.05) is 97.1 Å². The predicted molar refractivity (Wildman–Crippen MR) is 234 cm³/mol. The Kier molecular flexibility index (Phi) is 16.8. The second-order valence-electron chi connectivity index (χ2n) is 21.7. The predicted octanol–water partition coefficient (Wildman–Crippen LogP) is 13.6. The van der Waals surface area contributed by atoms with Crippen molar-refractivity contribution in [1.29, 1.82) is 0 Å². The number of nitrogens with zero attached hydrogens (tertiary/aromatic N) is 2. The minimum atomic E-state index is -1.70. The van der Waals surface area contributed by atoms with Crippen LogP contribution in [0.2, 0.25) is 23.7 Å². The van der Waals surface area contributed by atoms with E-state index in [9.17, 15) is 0 Å². The van der Waals surface area contributed by atoms with E-state index in [2.05, 4.69) is 65.1 Å². The van der Waals surface area contributed by atoms with E-state index in [1.54, 1.807) is 44.6 Å². The first kappa shape index (κ1) is 46.6. The van der Waals surface area contributed by atoms with Crippen molar-refractivity contribution in [2.75, 3.05) is 20.7 Å². The van der Waals surface area contributed by atoms with Gasteiger partial charge in [-0.15, -0.1) is 0 Å². The zero-order valence-corrected chi connectivity index (χ0v) is 41.9. The summed E-state index contributed by atoms with van der Waals surface area (Å²) in [5.41, 5.74) is 2.22. The number of hydrogen-bond acceptors (Lipinski definition) is 3. The van der Waals surface area contributed by atoms with Gasteiger partial charge in [0.2, 0.25) is 0 Å². The third-order valence-electron chi connectivity index (χ3n) is 18.1. The molecule has 8 aliphatic rings. The van der Waals surface area contributed by atoms with Gasteiger partial charge >= 0.3 is 37.9 Å². The van der Waals surface area contributed by atoms with Gasteiger partial charge in [0.05, 0.1) is 13.7 Å². The molecule has 3 nitrogen and oxygen atoms in total. The molecule has 0 aromatic carbocycles. The summed E-state index contributed by atoms with van der Waals surface area (Å²) < 4.78 is 6.19. The summed E-state index contributed by atoms with van der Waals surface area (Å²) in [6, 6.07) is 5.30. The fraction of sp³-hybridized carbons (Fsp3) is 0.957. The molecule has 16 unspecified atom stereocenters. The van der Waals surface area contributed by atoms with Crippen LogP contribution in [-0.2, 0) is 25.6 Å². The molecule has 8 rings (SSSR count). The third kappa shape index (κ3) is 8.81. The van der Waals surface area contributed by atoms with E-state index in [1.807, 2.05) is 0 Å². The summed E-state index contributed by atoms with van der Waals surface area (Å²) in [5, 5.41) is 0.